The molecule has 1 aliphatic heterocycles. The van der Waals surface area contributed by atoms with Crippen molar-refractivity contribution in [2.24, 2.45) is 0 Å². The molecule has 0 aliphatic carbocycles. The van der Waals surface area contributed by atoms with Crippen LogP contribution in [0.15, 0.2) is 29.3 Å². The van der Waals surface area contributed by atoms with Crippen LogP contribution in [0.5, 0.6) is 5.75 Å². The lowest BCUT2D eigenvalue weighted by molar-refractivity contribution is 0.0787. The Morgan fingerprint density at radius 2 is 1.68 bits per heavy atom. The van der Waals surface area contributed by atoms with E-state index in [1.54, 1.807) is 4.90 Å². The fourth-order valence-corrected chi connectivity index (χ4v) is 4.23. The van der Waals surface area contributed by atoms with Crippen molar-refractivity contribution in [3.8, 4) is 5.75 Å². The summed E-state index contributed by atoms with van der Waals surface area (Å²) in [7, 11) is -4.01. The summed E-state index contributed by atoms with van der Waals surface area (Å²) in [5.41, 5.74) is 2.82. The summed E-state index contributed by atoms with van der Waals surface area (Å²) in [4.78, 5) is 16.8. The standard InChI is InChI=1S/C18H22N2O4S/c1-12-8-13(2)17(14(3)9-12)24-25(22,23)15-10-16(19-11-15)18(21)20-6-4-5-7-20/h8-11,19H,4-7H2,1-3H3. The van der Waals surface area contributed by atoms with Gasteiger partial charge in [-0.1, -0.05) is 17.7 Å². The van der Waals surface area contributed by atoms with Gasteiger partial charge in [-0.2, -0.15) is 8.42 Å². The smallest absolute Gasteiger partial charge is 0.340 e. The molecule has 1 amide bonds. The van der Waals surface area contributed by atoms with Gasteiger partial charge in [0.05, 0.1) is 0 Å². The first-order valence-electron chi connectivity index (χ1n) is 8.28. The normalized spacial score (nSPS) is 14.8. The molecule has 0 unspecified atom stereocenters. The zero-order valence-electron chi connectivity index (χ0n) is 14.6. The second kappa shape index (κ2) is 6.55. The fourth-order valence-electron chi connectivity index (χ4n) is 3.19. The first kappa shape index (κ1) is 17.5. The average Bonchev–Trinajstić information content (AvgIpc) is 3.21. The van der Waals surface area contributed by atoms with Crippen LogP contribution in [-0.2, 0) is 10.1 Å². The number of H-pyrrole nitrogens is 1. The first-order chi connectivity index (χ1) is 11.8. The Balaban J connectivity index is 1.85. The third kappa shape index (κ3) is 3.56. The van der Waals surface area contributed by atoms with Crippen molar-refractivity contribution in [3.63, 3.8) is 0 Å². The van der Waals surface area contributed by atoms with Gasteiger partial charge >= 0.3 is 10.1 Å². The molecular formula is C18H22N2O4S. The molecule has 1 aromatic heterocycles. The minimum Gasteiger partial charge on any atom is -0.378 e. The maximum atomic E-state index is 12.6. The van der Waals surface area contributed by atoms with Crippen LogP contribution in [-0.4, -0.2) is 37.3 Å². The van der Waals surface area contributed by atoms with Crippen molar-refractivity contribution in [3.05, 3.63) is 46.8 Å². The number of aromatic nitrogens is 1. The minimum atomic E-state index is -4.01. The molecule has 1 saturated heterocycles. The zero-order chi connectivity index (χ0) is 18.2. The molecule has 1 fully saturated rings. The summed E-state index contributed by atoms with van der Waals surface area (Å²) in [5, 5.41) is 0. The number of aryl methyl sites for hydroxylation is 3. The van der Waals surface area contributed by atoms with E-state index in [9.17, 15) is 13.2 Å². The van der Waals surface area contributed by atoms with E-state index >= 15 is 0 Å². The van der Waals surface area contributed by atoms with Crippen molar-refractivity contribution in [1.29, 1.82) is 0 Å². The third-order valence-electron chi connectivity index (χ3n) is 4.37. The highest BCUT2D eigenvalue weighted by atomic mass is 32.2. The van der Waals surface area contributed by atoms with E-state index in [4.69, 9.17) is 4.18 Å². The predicted octanol–water partition coefficient (Wildman–Crippen LogP) is 2.94. The number of hydrogen-bond donors (Lipinski definition) is 1. The molecule has 2 heterocycles. The van der Waals surface area contributed by atoms with Gasteiger partial charge in [0.15, 0.2) is 0 Å². The number of benzene rings is 1. The number of carbonyl (C=O) groups is 1. The topological polar surface area (TPSA) is 79.5 Å². The molecule has 0 spiro atoms. The molecule has 1 aliphatic rings. The van der Waals surface area contributed by atoms with Gasteiger partial charge in [0.25, 0.3) is 5.91 Å². The Hall–Kier alpha value is -2.28. The number of nitrogens with zero attached hydrogens (tertiary/aromatic N) is 1. The number of likely N-dealkylation sites (tertiary alicyclic amines) is 1. The van der Waals surface area contributed by atoms with E-state index in [0.29, 0.717) is 18.8 Å². The predicted molar refractivity (Wildman–Crippen MR) is 94.4 cm³/mol. The molecular weight excluding hydrogens is 340 g/mol. The Labute approximate surface area is 147 Å². The summed E-state index contributed by atoms with van der Waals surface area (Å²) >= 11 is 0. The second-order valence-electron chi connectivity index (χ2n) is 6.51. The van der Waals surface area contributed by atoms with Crippen LogP contribution in [0, 0.1) is 20.8 Å². The number of amides is 1. The average molecular weight is 362 g/mol. The van der Waals surface area contributed by atoms with Gasteiger partial charge in [0.2, 0.25) is 0 Å². The van der Waals surface area contributed by atoms with Crippen LogP contribution in [0.3, 0.4) is 0 Å². The van der Waals surface area contributed by atoms with Crippen LogP contribution in [0.4, 0.5) is 0 Å². The van der Waals surface area contributed by atoms with E-state index in [1.165, 1.54) is 12.3 Å². The molecule has 0 bridgehead atoms. The molecule has 1 N–H and O–H groups in total. The molecule has 0 saturated carbocycles. The van der Waals surface area contributed by atoms with Crippen LogP contribution in [0.2, 0.25) is 0 Å². The molecule has 0 radical (unpaired) electrons. The third-order valence-corrected chi connectivity index (χ3v) is 5.57. The number of rotatable bonds is 4. The van der Waals surface area contributed by atoms with E-state index < -0.39 is 10.1 Å². The van der Waals surface area contributed by atoms with Gasteiger partial charge in [-0.3, -0.25) is 4.79 Å². The minimum absolute atomic E-state index is 0.0468. The lowest BCUT2D eigenvalue weighted by Gasteiger charge is -2.13. The highest BCUT2D eigenvalue weighted by Crippen LogP contribution is 2.28. The highest BCUT2D eigenvalue weighted by molar-refractivity contribution is 7.87. The zero-order valence-corrected chi connectivity index (χ0v) is 15.4. The number of hydrogen-bond acceptors (Lipinski definition) is 4. The maximum absolute atomic E-state index is 12.6. The molecule has 7 heteroatoms. The number of carbonyl (C=O) groups excluding carboxylic acids is 1. The lowest BCUT2D eigenvalue weighted by atomic mass is 10.1. The van der Waals surface area contributed by atoms with E-state index in [0.717, 1.165) is 29.5 Å². The van der Waals surface area contributed by atoms with Crippen molar-refractivity contribution in [1.82, 2.24) is 9.88 Å². The summed E-state index contributed by atoms with van der Waals surface area (Å²) in [6, 6.07) is 5.09. The van der Waals surface area contributed by atoms with Crippen LogP contribution in [0.25, 0.3) is 0 Å². The Morgan fingerprint density at radius 1 is 1.08 bits per heavy atom. The molecule has 0 atom stereocenters. The fraction of sp³-hybridized carbons (Fsp3) is 0.389. The number of nitrogens with one attached hydrogen (secondary N) is 1. The van der Waals surface area contributed by atoms with Crippen molar-refractivity contribution in [2.75, 3.05) is 13.1 Å². The molecule has 134 valence electrons. The summed E-state index contributed by atoms with van der Waals surface area (Å²) in [6.07, 6.45) is 3.26. The van der Waals surface area contributed by atoms with E-state index in [-0.39, 0.29) is 16.5 Å². The van der Waals surface area contributed by atoms with Gasteiger partial charge in [-0.25, -0.2) is 0 Å². The summed E-state index contributed by atoms with van der Waals surface area (Å²) in [6.45, 7) is 6.98. The molecule has 25 heavy (non-hydrogen) atoms. The largest absolute Gasteiger partial charge is 0.378 e. The SMILES string of the molecule is Cc1cc(C)c(OS(=O)(=O)c2c[nH]c(C(=O)N3CCCC3)c2)c(C)c1. The molecule has 1 aromatic carbocycles. The van der Waals surface area contributed by atoms with Gasteiger partial charge < -0.3 is 14.1 Å². The molecule has 3 rings (SSSR count). The molecule has 6 nitrogen and oxygen atoms in total. The Kier molecular flexibility index (Phi) is 4.60. The van der Waals surface area contributed by atoms with Gasteiger partial charge in [0.1, 0.15) is 16.3 Å². The van der Waals surface area contributed by atoms with Gasteiger partial charge in [-0.15, -0.1) is 0 Å². The number of aromatic amines is 1. The highest BCUT2D eigenvalue weighted by Gasteiger charge is 2.25. The van der Waals surface area contributed by atoms with E-state index in [1.807, 2.05) is 32.9 Å². The lowest BCUT2D eigenvalue weighted by Crippen LogP contribution is -2.27. The first-order valence-corrected chi connectivity index (χ1v) is 9.69. The molecule has 2 aromatic rings. The van der Waals surface area contributed by atoms with E-state index in [2.05, 4.69) is 4.98 Å². The Bertz CT molecular complexity index is 886. The van der Waals surface area contributed by atoms with Crippen molar-refractivity contribution >= 4 is 16.0 Å². The summed E-state index contributed by atoms with van der Waals surface area (Å²) in [5.74, 6) is 0.154. The van der Waals surface area contributed by atoms with Crippen molar-refractivity contribution in [2.45, 2.75) is 38.5 Å². The maximum Gasteiger partial charge on any atom is 0.340 e. The summed E-state index contributed by atoms with van der Waals surface area (Å²) < 4.78 is 30.5. The van der Waals surface area contributed by atoms with Crippen LogP contribution < -0.4 is 4.18 Å². The van der Waals surface area contributed by atoms with Gasteiger partial charge in [-0.05, 0) is 50.8 Å². The van der Waals surface area contributed by atoms with Crippen LogP contribution >= 0.6 is 0 Å². The van der Waals surface area contributed by atoms with Crippen LogP contribution in [0.1, 0.15) is 40.0 Å². The van der Waals surface area contributed by atoms with Crippen molar-refractivity contribution < 1.29 is 17.4 Å². The Morgan fingerprint density at radius 3 is 2.28 bits per heavy atom. The van der Waals surface area contributed by atoms with Gasteiger partial charge in [0, 0.05) is 19.3 Å². The second-order valence-corrected chi connectivity index (χ2v) is 8.06. The quantitative estimate of drug-likeness (QED) is 0.848. The monoisotopic (exact) mass is 362 g/mol.